The number of carbonyl (C=O) groups is 3. The van der Waals surface area contributed by atoms with Crippen molar-refractivity contribution in [2.24, 2.45) is 0 Å². The van der Waals surface area contributed by atoms with Crippen LogP contribution in [0.5, 0.6) is 0 Å². The number of halogens is 1. The third kappa shape index (κ3) is 7.06. The number of benzene rings is 3. The molecule has 0 bridgehead atoms. The van der Waals surface area contributed by atoms with E-state index in [0.717, 1.165) is 16.2 Å². The van der Waals surface area contributed by atoms with Gasteiger partial charge in [-0.05, 0) is 67.9 Å². The summed E-state index contributed by atoms with van der Waals surface area (Å²) in [4.78, 5) is 39.5. The van der Waals surface area contributed by atoms with Crippen molar-refractivity contribution < 1.29 is 14.4 Å². The first kappa shape index (κ1) is 27.9. The van der Waals surface area contributed by atoms with E-state index in [2.05, 4.69) is 22.0 Å². The number of hydrogen-bond donors (Lipinski definition) is 3. The molecule has 39 heavy (non-hydrogen) atoms. The minimum Gasteiger partial charge on any atom is -0.322 e. The number of nitrogens with zero attached hydrogens (tertiary/aromatic N) is 1. The minimum atomic E-state index is -0.528. The second-order valence-electron chi connectivity index (χ2n) is 8.43. The Bertz CT molecular complexity index is 1580. The van der Waals surface area contributed by atoms with Crippen LogP contribution in [0.25, 0.3) is 0 Å². The third-order valence-corrected chi connectivity index (χ3v) is 8.13. The molecule has 10 heteroatoms. The van der Waals surface area contributed by atoms with Gasteiger partial charge in [-0.15, -0.1) is 23.1 Å². The van der Waals surface area contributed by atoms with E-state index >= 15 is 0 Å². The summed E-state index contributed by atoms with van der Waals surface area (Å²) in [6.07, 6.45) is 0. The van der Waals surface area contributed by atoms with Crippen molar-refractivity contribution >= 4 is 68.8 Å². The number of rotatable bonds is 8. The highest BCUT2D eigenvalue weighted by Crippen LogP contribution is 2.34. The van der Waals surface area contributed by atoms with Crippen LogP contribution in [0.4, 0.5) is 16.4 Å². The molecule has 3 amide bonds. The van der Waals surface area contributed by atoms with Crippen LogP contribution in [-0.2, 0) is 4.79 Å². The molecule has 0 radical (unpaired) electrons. The SMILES string of the molecule is Cc1c(C(=O)Nc2ccccc2)sc(NC(=O)C(C)Sc2cccc(NC(=O)c3cccc(Cl)c3)c2)c1C#N. The third-order valence-electron chi connectivity index (χ3n) is 5.59. The summed E-state index contributed by atoms with van der Waals surface area (Å²) in [7, 11) is 0. The number of thiophene rings is 1. The predicted octanol–water partition coefficient (Wildman–Crippen LogP) is 7.21. The zero-order valence-corrected chi connectivity index (χ0v) is 23.3. The number of amides is 3. The van der Waals surface area contributed by atoms with Crippen molar-refractivity contribution in [1.29, 1.82) is 5.26 Å². The average Bonchev–Trinajstić information content (AvgIpc) is 3.24. The maximum atomic E-state index is 13.0. The Kier molecular flexibility index (Phi) is 9.04. The maximum absolute atomic E-state index is 13.0. The van der Waals surface area contributed by atoms with Crippen LogP contribution in [0.15, 0.2) is 83.8 Å². The lowest BCUT2D eigenvalue weighted by Gasteiger charge is -2.13. The van der Waals surface area contributed by atoms with E-state index in [9.17, 15) is 19.6 Å². The lowest BCUT2D eigenvalue weighted by molar-refractivity contribution is -0.115. The summed E-state index contributed by atoms with van der Waals surface area (Å²) < 4.78 is 0. The van der Waals surface area contributed by atoms with Gasteiger partial charge >= 0.3 is 0 Å². The van der Waals surface area contributed by atoms with Crippen LogP contribution in [0, 0.1) is 18.3 Å². The summed E-state index contributed by atoms with van der Waals surface area (Å²) in [6.45, 7) is 3.43. The summed E-state index contributed by atoms with van der Waals surface area (Å²) >= 11 is 8.35. The molecule has 196 valence electrons. The first-order valence-electron chi connectivity index (χ1n) is 11.8. The molecule has 1 heterocycles. The largest absolute Gasteiger partial charge is 0.322 e. The molecule has 0 saturated carbocycles. The van der Waals surface area contributed by atoms with Gasteiger partial charge in [0.25, 0.3) is 11.8 Å². The Labute approximate surface area is 239 Å². The Morgan fingerprint density at radius 1 is 0.897 bits per heavy atom. The van der Waals surface area contributed by atoms with E-state index in [1.165, 1.54) is 11.8 Å². The van der Waals surface area contributed by atoms with E-state index in [0.29, 0.717) is 37.4 Å². The summed E-state index contributed by atoms with van der Waals surface area (Å²) in [5, 5.41) is 18.4. The zero-order valence-electron chi connectivity index (χ0n) is 20.9. The number of nitriles is 1. The Morgan fingerprint density at radius 3 is 2.31 bits per heavy atom. The first-order chi connectivity index (χ1) is 18.7. The van der Waals surface area contributed by atoms with Gasteiger partial charge in [0.2, 0.25) is 5.91 Å². The van der Waals surface area contributed by atoms with Crippen LogP contribution in [0.3, 0.4) is 0 Å². The molecule has 1 aromatic heterocycles. The first-order valence-corrected chi connectivity index (χ1v) is 13.9. The van der Waals surface area contributed by atoms with Crippen molar-refractivity contribution in [2.75, 3.05) is 16.0 Å². The van der Waals surface area contributed by atoms with Gasteiger partial charge in [0.05, 0.1) is 15.7 Å². The van der Waals surface area contributed by atoms with Crippen LogP contribution >= 0.6 is 34.7 Å². The quantitative estimate of drug-likeness (QED) is 0.193. The molecular formula is C29H23ClN4O3S2. The normalized spacial score (nSPS) is 11.2. The van der Waals surface area contributed by atoms with Crippen molar-refractivity contribution in [3.05, 3.63) is 105 Å². The number of anilines is 3. The fourth-order valence-electron chi connectivity index (χ4n) is 3.61. The highest BCUT2D eigenvalue weighted by atomic mass is 35.5. The van der Waals surface area contributed by atoms with Crippen LogP contribution in [-0.4, -0.2) is 23.0 Å². The van der Waals surface area contributed by atoms with Gasteiger partial charge in [-0.1, -0.05) is 41.9 Å². The van der Waals surface area contributed by atoms with Gasteiger partial charge in [0.15, 0.2) is 0 Å². The van der Waals surface area contributed by atoms with Gasteiger partial charge < -0.3 is 16.0 Å². The summed E-state index contributed by atoms with van der Waals surface area (Å²) in [5.74, 6) is -0.962. The highest BCUT2D eigenvalue weighted by Gasteiger charge is 2.23. The van der Waals surface area contributed by atoms with Crippen molar-refractivity contribution in [1.82, 2.24) is 0 Å². The molecular weight excluding hydrogens is 552 g/mol. The Morgan fingerprint density at radius 2 is 1.59 bits per heavy atom. The van der Waals surface area contributed by atoms with Gasteiger partial charge in [-0.25, -0.2) is 0 Å². The van der Waals surface area contributed by atoms with Gasteiger partial charge in [-0.2, -0.15) is 5.26 Å². The molecule has 1 unspecified atom stereocenters. The Hall–Kier alpha value is -4.10. The van der Waals surface area contributed by atoms with E-state index in [4.69, 9.17) is 11.6 Å². The molecule has 0 aliphatic heterocycles. The molecule has 0 spiro atoms. The van der Waals surface area contributed by atoms with Crippen LogP contribution in [0.2, 0.25) is 5.02 Å². The monoisotopic (exact) mass is 574 g/mol. The number of carbonyl (C=O) groups excluding carboxylic acids is 3. The predicted molar refractivity (Wildman–Crippen MR) is 158 cm³/mol. The smallest absolute Gasteiger partial charge is 0.266 e. The standard InChI is InChI=1S/C29H23ClN4O3S2/c1-17-24(16-31)29(39-25(17)28(37)32-21-10-4-3-5-11-21)34-26(35)18(2)38-23-13-7-12-22(15-23)33-27(36)19-8-6-9-20(30)14-19/h3-15,18H,1-2H3,(H,32,37)(H,33,36)(H,34,35). The molecule has 3 aromatic carbocycles. The van der Waals surface area contributed by atoms with Gasteiger partial charge in [0.1, 0.15) is 11.1 Å². The fraction of sp³-hybridized carbons (Fsp3) is 0.103. The van der Waals surface area contributed by atoms with Crippen LogP contribution in [0.1, 0.15) is 38.1 Å². The molecule has 0 aliphatic carbocycles. The minimum absolute atomic E-state index is 0.259. The molecule has 0 fully saturated rings. The highest BCUT2D eigenvalue weighted by molar-refractivity contribution is 8.00. The summed E-state index contributed by atoms with van der Waals surface area (Å²) in [5.41, 5.74) is 2.41. The van der Waals surface area contributed by atoms with E-state index in [1.807, 2.05) is 24.3 Å². The molecule has 4 aromatic rings. The van der Waals surface area contributed by atoms with Gasteiger partial charge in [0, 0.05) is 26.9 Å². The fourth-order valence-corrected chi connectivity index (χ4v) is 5.79. The van der Waals surface area contributed by atoms with Crippen molar-refractivity contribution in [2.45, 2.75) is 24.0 Å². The van der Waals surface area contributed by atoms with E-state index in [-0.39, 0.29) is 23.3 Å². The van der Waals surface area contributed by atoms with Crippen LogP contribution < -0.4 is 16.0 Å². The second kappa shape index (κ2) is 12.6. The van der Waals surface area contributed by atoms with Gasteiger partial charge in [-0.3, -0.25) is 14.4 Å². The number of hydrogen-bond acceptors (Lipinski definition) is 6. The second-order valence-corrected chi connectivity index (χ2v) is 11.3. The Balaban J connectivity index is 1.42. The average molecular weight is 575 g/mol. The lowest BCUT2D eigenvalue weighted by Crippen LogP contribution is -2.22. The lowest BCUT2D eigenvalue weighted by atomic mass is 10.1. The van der Waals surface area contributed by atoms with E-state index < -0.39 is 5.25 Å². The molecule has 1 atom stereocenters. The topological polar surface area (TPSA) is 111 Å². The molecule has 0 saturated heterocycles. The molecule has 7 nitrogen and oxygen atoms in total. The number of thioether (sulfide) groups is 1. The molecule has 4 rings (SSSR count). The summed E-state index contributed by atoms with van der Waals surface area (Å²) in [6, 6.07) is 24.9. The zero-order chi connectivity index (χ0) is 27.9. The van der Waals surface area contributed by atoms with E-state index in [1.54, 1.807) is 68.4 Å². The van der Waals surface area contributed by atoms with Crippen molar-refractivity contribution in [3.8, 4) is 6.07 Å². The molecule has 3 N–H and O–H groups in total. The number of nitrogens with one attached hydrogen (secondary N) is 3. The van der Waals surface area contributed by atoms with Crippen molar-refractivity contribution in [3.63, 3.8) is 0 Å². The maximum Gasteiger partial charge on any atom is 0.266 e. The number of para-hydroxylation sites is 1. The molecule has 0 aliphatic rings.